The Kier molecular flexibility index (Phi) is 6.62. The number of carbonyl (C=O) groups is 1. The Hall–Kier alpha value is -2.09. The van der Waals surface area contributed by atoms with Gasteiger partial charge in [0.05, 0.1) is 42.5 Å². The number of nitrogens with zero attached hydrogens (tertiary/aromatic N) is 2. The number of nitrogens with one attached hydrogen (secondary N) is 1. The summed E-state index contributed by atoms with van der Waals surface area (Å²) in [4.78, 5) is 15.6. The van der Waals surface area contributed by atoms with Crippen molar-refractivity contribution >= 4 is 40.8 Å². The molecule has 0 aliphatic carbocycles. The standard InChI is InChI=1S/C26H28ClN3O3.ClH/c27-19-5-6-21-22(16-30(24(21)13-19)15-20-14-28-9-12-32-20)25(31)29-10-7-26(8-11-29)23-4-2-1-3-18(23)17-33-26;/h1-6,13,16,20,28H,7-12,14-15,17H2;1H/t20-;/m1./s1. The summed E-state index contributed by atoms with van der Waals surface area (Å²) in [5.74, 6) is 0.0740. The van der Waals surface area contributed by atoms with Crippen molar-refractivity contribution in [2.24, 2.45) is 0 Å². The third kappa shape index (κ3) is 4.12. The molecule has 1 atom stereocenters. The Balaban J connectivity index is 0.00000241. The highest BCUT2D eigenvalue weighted by Crippen LogP contribution is 2.44. The van der Waals surface area contributed by atoms with Gasteiger partial charge in [0.25, 0.3) is 5.91 Å². The van der Waals surface area contributed by atoms with E-state index in [1.54, 1.807) is 0 Å². The lowest BCUT2D eigenvalue weighted by molar-refractivity contribution is -0.0741. The maximum absolute atomic E-state index is 13.6. The largest absolute Gasteiger partial charge is 0.374 e. The number of hydrogen-bond acceptors (Lipinski definition) is 4. The van der Waals surface area contributed by atoms with Gasteiger partial charge in [-0.2, -0.15) is 0 Å². The number of hydrogen-bond donors (Lipinski definition) is 1. The van der Waals surface area contributed by atoms with Crippen molar-refractivity contribution in [2.45, 2.75) is 37.7 Å². The predicted molar refractivity (Wildman–Crippen MR) is 135 cm³/mol. The first kappa shape index (κ1) is 23.6. The van der Waals surface area contributed by atoms with Gasteiger partial charge in [0, 0.05) is 42.8 Å². The lowest BCUT2D eigenvalue weighted by Gasteiger charge is -2.39. The van der Waals surface area contributed by atoms with Crippen molar-refractivity contribution in [1.82, 2.24) is 14.8 Å². The zero-order valence-electron chi connectivity index (χ0n) is 19.0. The van der Waals surface area contributed by atoms with E-state index >= 15 is 0 Å². The number of amides is 1. The van der Waals surface area contributed by atoms with E-state index in [1.165, 1.54) is 11.1 Å². The normalized spacial score (nSPS) is 21.4. The third-order valence-corrected chi connectivity index (χ3v) is 7.59. The van der Waals surface area contributed by atoms with E-state index < -0.39 is 0 Å². The molecule has 3 aromatic rings. The van der Waals surface area contributed by atoms with Crippen LogP contribution in [0.5, 0.6) is 0 Å². The minimum absolute atomic E-state index is 0. The van der Waals surface area contributed by atoms with Crippen LogP contribution in [0, 0.1) is 0 Å². The van der Waals surface area contributed by atoms with Crippen LogP contribution in [-0.4, -0.2) is 54.3 Å². The predicted octanol–water partition coefficient (Wildman–Crippen LogP) is 4.37. The Morgan fingerprint density at radius 1 is 1.18 bits per heavy atom. The number of piperidine rings is 1. The Morgan fingerprint density at radius 2 is 2.00 bits per heavy atom. The van der Waals surface area contributed by atoms with Crippen LogP contribution in [0.15, 0.2) is 48.7 Å². The summed E-state index contributed by atoms with van der Waals surface area (Å²) in [6.45, 7) is 5.10. The number of ether oxygens (including phenoxy) is 2. The van der Waals surface area contributed by atoms with Crippen LogP contribution >= 0.6 is 24.0 Å². The molecular formula is C26H29Cl2N3O3. The molecule has 180 valence electrons. The van der Waals surface area contributed by atoms with Gasteiger partial charge in [-0.1, -0.05) is 41.9 Å². The van der Waals surface area contributed by atoms with Crippen molar-refractivity contribution in [3.8, 4) is 0 Å². The zero-order valence-corrected chi connectivity index (χ0v) is 20.5. The number of morpholine rings is 1. The van der Waals surface area contributed by atoms with Crippen molar-refractivity contribution in [2.75, 3.05) is 32.8 Å². The fourth-order valence-corrected chi connectivity index (χ4v) is 5.75. The van der Waals surface area contributed by atoms with Crippen LogP contribution in [-0.2, 0) is 28.2 Å². The van der Waals surface area contributed by atoms with Crippen LogP contribution in [0.1, 0.15) is 34.3 Å². The molecule has 6 rings (SSSR count). The number of likely N-dealkylation sites (tertiary alicyclic amines) is 1. The van der Waals surface area contributed by atoms with E-state index in [9.17, 15) is 4.79 Å². The summed E-state index contributed by atoms with van der Waals surface area (Å²) in [5, 5.41) is 4.98. The second-order valence-corrected chi connectivity index (χ2v) is 9.72. The Morgan fingerprint density at radius 3 is 2.79 bits per heavy atom. The Bertz CT molecular complexity index is 1200. The number of fused-ring (bicyclic) bond motifs is 3. The molecule has 4 heterocycles. The van der Waals surface area contributed by atoms with Gasteiger partial charge in [0.15, 0.2) is 0 Å². The van der Waals surface area contributed by atoms with Gasteiger partial charge in [-0.3, -0.25) is 4.79 Å². The van der Waals surface area contributed by atoms with Crippen molar-refractivity contribution in [1.29, 1.82) is 0 Å². The molecule has 1 N–H and O–H groups in total. The molecular weight excluding hydrogens is 473 g/mol. The van der Waals surface area contributed by atoms with Gasteiger partial charge in [0.2, 0.25) is 0 Å². The van der Waals surface area contributed by atoms with Crippen LogP contribution in [0.4, 0.5) is 0 Å². The monoisotopic (exact) mass is 501 g/mol. The Labute approximate surface area is 210 Å². The summed E-state index contributed by atoms with van der Waals surface area (Å²) in [6.07, 6.45) is 3.70. The van der Waals surface area contributed by atoms with Gasteiger partial charge in [0.1, 0.15) is 0 Å². The lowest BCUT2D eigenvalue weighted by atomic mass is 9.83. The van der Waals surface area contributed by atoms with Crippen molar-refractivity contribution in [3.05, 3.63) is 70.4 Å². The second-order valence-electron chi connectivity index (χ2n) is 9.29. The molecule has 0 unspecified atom stereocenters. The van der Waals surface area contributed by atoms with E-state index in [0.29, 0.717) is 37.9 Å². The second kappa shape index (κ2) is 9.51. The SMILES string of the molecule is Cl.O=C(c1cn(C[C@H]2CNCCO2)c2cc(Cl)ccc12)N1CCC2(CC1)OCc1ccccc12. The number of carbonyl (C=O) groups excluding carboxylic acids is 1. The van der Waals surface area contributed by atoms with E-state index in [0.717, 1.165) is 42.4 Å². The van der Waals surface area contributed by atoms with Crippen LogP contribution in [0.2, 0.25) is 5.02 Å². The summed E-state index contributed by atoms with van der Waals surface area (Å²) < 4.78 is 14.3. The maximum atomic E-state index is 13.6. The smallest absolute Gasteiger partial charge is 0.256 e. The van der Waals surface area contributed by atoms with Crippen molar-refractivity contribution in [3.63, 3.8) is 0 Å². The fourth-order valence-electron chi connectivity index (χ4n) is 5.58. The zero-order chi connectivity index (χ0) is 22.4. The van der Waals surface area contributed by atoms with E-state index in [-0.39, 0.29) is 30.0 Å². The average molecular weight is 502 g/mol. The van der Waals surface area contributed by atoms with E-state index in [2.05, 4.69) is 34.1 Å². The van der Waals surface area contributed by atoms with E-state index in [4.69, 9.17) is 21.1 Å². The molecule has 6 nitrogen and oxygen atoms in total. The van der Waals surface area contributed by atoms with Crippen LogP contribution in [0.25, 0.3) is 10.9 Å². The van der Waals surface area contributed by atoms with Gasteiger partial charge in [-0.15, -0.1) is 12.4 Å². The summed E-state index contributed by atoms with van der Waals surface area (Å²) in [6, 6.07) is 14.2. The molecule has 2 aromatic carbocycles. The molecule has 0 radical (unpaired) electrons. The third-order valence-electron chi connectivity index (χ3n) is 7.35. The fraction of sp³-hybridized carbons (Fsp3) is 0.423. The number of halogens is 2. The highest BCUT2D eigenvalue weighted by Gasteiger charge is 2.43. The molecule has 0 saturated carbocycles. The minimum Gasteiger partial charge on any atom is -0.374 e. The summed E-state index contributed by atoms with van der Waals surface area (Å²) in [5.41, 5.74) is 4.02. The quantitative estimate of drug-likeness (QED) is 0.578. The van der Waals surface area contributed by atoms with E-state index in [1.807, 2.05) is 29.3 Å². The lowest BCUT2D eigenvalue weighted by Crippen LogP contribution is -2.45. The van der Waals surface area contributed by atoms with Gasteiger partial charge >= 0.3 is 0 Å². The number of benzene rings is 2. The molecule has 3 aliphatic heterocycles. The molecule has 8 heteroatoms. The minimum atomic E-state index is -0.250. The maximum Gasteiger partial charge on any atom is 0.256 e. The first-order valence-corrected chi connectivity index (χ1v) is 12.1. The molecule has 2 saturated heterocycles. The van der Waals surface area contributed by atoms with Gasteiger partial charge < -0.3 is 24.3 Å². The number of aromatic nitrogens is 1. The van der Waals surface area contributed by atoms with Crippen LogP contribution < -0.4 is 5.32 Å². The first-order valence-electron chi connectivity index (χ1n) is 11.8. The molecule has 1 aromatic heterocycles. The molecule has 1 spiro atoms. The molecule has 0 bridgehead atoms. The van der Waals surface area contributed by atoms with Gasteiger partial charge in [-0.05, 0) is 36.1 Å². The summed E-state index contributed by atoms with van der Waals surface area (Å²) >= 11 is 6.32. The van der Waals surface area contributed by atoms with Crippen LogP contribution in [0.3, 0.4) is 0 Å². The number of rotatable bonds is 3. The first-order chi connectivity index (χ1) is 16.1. The highest BCUT2D eigenvalue weighted by atomic mass is 35.5. The van der Waals surface area contributed by atoms with Crippen molar-refractivity contribution < 1.29 is 14.3 Å². The average Bonchev–Trinajstić information content (AvgIpc) is 3.38. The highest BCUT2D eigenvalue weighted by molar-refractivity contribution is 6.31. The topological polar surface area (TPSA) is 55.7 Å². The molecule has 1 amide bonds. The molecule has 3 aliphatic rings. The summed E-state index contributed by atoms with van der Waals surface area (Å²) in [7, 11) is 0. The molecule has 34 heavy (non-hydrogen) atoms. The van der Waals surface area contributed by atoms with Gasteiger partial charge in [-0.25, -0.2) is 0 Å². The molecule has 2 fully saturated rings.